The molecule has 2 N–H and O–H groups in total. The smallest absolute Gasteiger partial charge is 0.194 e. The van der Waals surface area contributed by atoms with Gasteiger partial charge in [-0.3, -0.25) is 4.79 Å². The van der Waals surface area contributed by atoms with Crippen LogP contribution in [0.5, 0.6) is 5.75 Å². The molecule has 3 heterocycles. The summed E-state index contributed by atoms with van der Waals surface area (Å²) in [5, 5.41) is 10.8. The quantitative estimate of drug-likeness (QED) is 0.769. The molecule has 4 rings (SSSR count). The van der Waals surface area contributed by atoms with Gasteiger partial charge in [0.15, 0.2) is 16.9 Å². The van der Waals surface area contributed by atoms with Crippen molar-refractivity contribution >= 4 is 11.0 Å². The van der Waals surface area contributed by atoms with E-state index in [1.165, 1.54) is 23.8 Å². The number of likely N-dealkylation sites (tertiary alicyclic amines) is 1. The van der Waals surface area contributed by atoms with Crippen LogP contribution in [0.25, 0.3) is 22.5 Å². The predicted molar refractivity (Wildman–Crippen MR) is 94.6 cm³/mol. The van der Waals surface area contributed by atoms with Gasteiger partial charge in [0, 0.05) is 6.07 Å². The molecule has 0 unspecified atom stereocenters. The van der Waals surface area contributed by atoms with Gasteiger partial charge in [0.05, 0.1) is 30.3 Å². The highest BCUT2D eigenvalue weighted by Crippen LogP contribution is 2.28. The Bertz CT molecular complexity index is 934. The van der Waals surface area contributed by atoms with E-state index in [1.807, 2.05) is 0 Å². The van der Waals surface area contributed by atoms with Gasteiger partial charge in [0.2, 0.25) is 0 Å². The molecule has 0 saturated carbocycles. The molecule has 0 radical (unpaired) electrons. The third-order valence-corrected chi connectivity index (χ3v) is 5.15. The molecule has 5 heteroatoms. The number of nitrogens with one attached hydrogen (secondary N) is 1. The first kappa shape index (κ1) is 16.0. The third-order valence-electron chi connectivity index (χ3n) is 5.15. The van der Waals surface area contributed by atoms with Gasteiger partial charge in [-0.05, 0) is 43.0 Å². The zero-order valence-electron chi connectivity index (χ0n) is 14.2. The third kappa shape index (κ3) is 3.07. The Kier molecular flexibility index (Phi) is 4.09. The van der Waals surface area contributed by atoms with E-state index in [-0.39, 0.29) is 11.2 Å². The summed E-state index contributed by atoms with van der Waals surface area (Å²) in [5.41, 5.74) is 1.02. The molecule has 0 amide bonds. The summed E-state index contributed by atoms with van der Waals surface area (Å²) >= 11 is 0. The second-order valence-electron chi connectivity index (χ2n) is 7.00. The zero-order valence-corrected chi connectivity index (χ0v) is 14.2. The van der Waals surface area contributed by atoms with Crippen LogP contribution in [0.2, 0.25) is 0 Å². The summed E-state index contributed by atoms with van der Waals surface area (Å²) in [5.74, 6) is 1.84. The van der Waals surface area contributed by atoms with E-state index in [0.29, 0.717) is 34.6 Å². The van der Waals surface area contributed by atoms with Gasteiger partial charge in [-0.25, -0.2) is 0 Å². The van der Waals surface area contributed by atoms with Gasteiger partial charge in [0.25, 0.3) is 0 Å². The Hall–Kier alpha value is -2.53. The highest BCUT2D eigenvalue weighted by Gasteiger charge is 2.23. The molecular weight excluding hydrogens is 318 g/mol. The van der Waals surface area contributed by atoms with Crippen molar-refractivity contribution in [1.29, 1.82) is 0 Å². The Morgan fingerprint density at radius 3 is 2.72 bits per heavy atom. The van der Waals surface area contributed by atoms with Gasteiger partial charge < -0.3 is 18.8 Å². The number of quaternary nitrogens is 1. The molecule has 5 nitrogen and oxygen atoms in total. The summed E-state index contributed by atoms with van der Waals surface area (Å²) < 4.78 is 11.2. The summed E-state index contributed by atoms with van der Waals surface area (Å²) in [7, 11) is 0. The van der Waals surface area contributed by atoms with E-state index < -0.39 is 0 Å². The zero-order chi connectivity index (χ0) is 17.4. The van der Waals surface area contributed by atoms with Crippen molar-refractivity contribution in [2.45, 2.75) is 26.3 Å². The van der Waals surface area contributed by atoms with Crippen molar-refractivity contribution in [2.24, 2.45) is 5.92 Å². The van der Waals surface area contributed by atoms with E-state index in [0.717, 1.165) is 19.0 Å². The fourth-order valence-corrected chi connectivity index (χ4v) is 3.63. The molecule has 25 heavy (non-hydrogen) atoms. The molecular formula is C20H22NO4+. The van der Waals surface area contributed by atoms with E-state index >= 15 is 0 Å². The largest absolute Gasteiger partial charge is 0.507 e. The molecule has 2 aromatic heterocycles. The van der Waals surface area contributed by atoms with Crippen molar-refractivity contribution in [3.8, 4) is 17.3 Å². The van der Waals surface area contributed by atoms with E-state index in [1.54, 1.807) is 30.5 Å². The average Bonchev–Trinajstić information content (AvgIpc) is 3.14. The highest BCUT2D eigenvalue weighted by molar-refractivity contribution is 5.83. The Balaban J connectivity index is 1.76. The molecule has 1 saturated heterocycles. The number of piperidine rings is 1. The van der Waals surface area contributed by atoms with Crippen LogP contribution in [0.4, 0.5) is 0 Å². The summed E-state index contributed by atoms with van der Waals surface area (Å²) in [6, 6.07) is 8.21. The lowest BCUT2D eigenvalue weighted by Gasteiger charge is -2.27. The minimum Gasteiger partial charge on any atom is -0.507 e. The van der Waals surface area contributed by atoms with Gasteiger partial charge in [-0.15, -0.1) is 0 Å². The standard InChI is InChI=1S/C20H21NO4/c1-13-6-8-21(9-7-13)12-14-15(22)4-5-18-20(14)16(23)11-19(25-18)17-3-2-10-24-17/h2-5,10-11,13,22H,6-9,12H2,1H3/p+1. The first-order chi connectivity index (χ1) is 12.1. The normalized spacial score (nSPS) is 20.8. The minimum absolute atomic E-state index is 0.150. The van der Waals surface area contributed by atoms with E-state index in [2.05, 4.69) is 6.92 Å². The number of phenolic OH excluding ortho intramolecular Hbond substituents is 1. The van der Waals surface area contributed by atoms with Crippen LogP contribution in [-0.2, 0) is 6.54 Å². The molecule has 0 atom stereocenters. The lowest BCUT2D eigenvalue weighted by atomic mass is 9.98. The Labute approximate surface area is 145 Å². The first-order valence-corrected chi connectivity index (χ1v) is 8.78. The van der Waals surface area contributed by atoms with Crippen molar-refractivity contribution < 1.29 is 18.8 Å². The number of phenols is 1. The van der Waals surface area contributed by atoms with Crippen LogP contribution in [-0.4, -0.2) is 18.2 Å². The van der Waals surface area contributed by atoms with Crippen molar-refractivity contribution in [3.05, 3.63) is 52.4 Å². The Morgan fingerprint density at radius 2 is 2.00 bits per heavy atom. The topological polar surface area (TPSA) is 68.0 Å². The van der Waals surface area contributed by atoms with Crippen LogP contribution in [0.15, 0.2) is 50.2 Å². The van der Waals surface area contributed by atoms with E-state index in [4.69, 9.17) is 8.83 Å². The SMILES string of the molecule is CC1CC[NH+](Cc2c(O)ccc3oc(-c4ccco4)cc(=O)c23)CC1. The highest BCUT2D eigenvalue weighted by atomic mass is 16.4. The van der Waals surface area contributed by atoms with Crippen LogP contribution in [0.1, 0.15) is 25.3 Å². The number of benzene rings is 1. The maximum Gasteiger partial charge on any atom is 0.194 e. The molecule has 1 aliphatic rings. The summed E-state index contributed by atoms with van der Waals surface area (Å²) in [6.07, 6.45) is 3.90. The molecule has 0 spiro atoms. The molecule has 1 fully saturated rings. The molecule has 0 aliphatic carbocycles. The maximum atomic E-state index is 12.7. The van der Waals surface area contributed by atoms with Crippen molar-refractivity contribution in [2.75, 3.05) is 13.1 Å². The predicted octanol–water partition coefficient (Wildman–Crippen LogP) is 2.57. The molecule has 1 aliphatic heterocycles. The number of furan rings is 1. The number of fused-ring (bicyclic) bond motifs is 1. The van der Waals surface area contributed by atoms with Crippen molar-refractivity contribution in [3.63, 3.8) is 0 Å². The lowest BCUT2D eigenvalue weighted by Crippen LogP contribution is -3.11. The summed E-state index contributed by atoms with van der Waals surface area (Å²) in [6.45, 7) is 5.04. The van der Waals surface area contributed by atoms with Crippen LogP contribution >= 0.6 is 0 Å². The number of hydrogen-bond acceptors (Lipinski definition) is 4. The van der Waals surface area contributed by atoms with Gasteiger partial charge in [-0.2, -0.15) is 0 Å². The summed E-state index contributed by atoms with van der Waals surface area (Å²) in [4.78, 5) is 14.1. The molecule has 0 bridgehead atoms. The second kappa shape index (κ2) is 6.41. The lowest BCUT2D eigenvalue weighted by molar-refractivity contribution is -0.919. The number of hydrogen-bond donors (Lipinski definition) is 2. The molecule has 1 aromatic carbocycles. The fraction of sp³-hybridized carbons (Fsp3) is 0.350. The number of rotatable bonds is 3. The van der Waals surface area contributed by atoms with Crippen LogP contribution in [0.3, 0.4) is 0 Å². The maximum absolute atomic E-state index is 12.7. The monoisotopic (exact) mass is 340 g/mol. The minimum atomic E-state index is -0.150. The fourth-order valence-electron chi connectivity index (χ4n) is 3.63. The van der Waals surface area contributed by atoms with Gasteiger partial charge in [0.1, 0.15) is 17.9 Å². The Morgan fingerprint density at radius 1 is 1.20 bits per heavy atom. The van der Waals surface area contributed by atoms with Crippen molar-refractivity contribution in [1.82, 2.24) is 0 Å². The van der Waals surface area contributed by atoms with Gasteiger partial charge in [-0.1, -0.05) is 6.92 Å². The first-order valence-electron chi connectivity index (χ1n) is 8.78. The number of aromatic hydroxyl groups is 1. The molecule has 130 valence electrons. The van der Waals surface area contributed by atoms with Crippen LogP contribution < -0.4 is 10.3 Å². The van der Waals surface area contributed by atoms with E-state index in [9.17, 15) is 9.90 Å². The molecule has 3 aromatic rings. The van der Waals surface area contributed by atoms with Gasteiger partial charge >= 0.3 is 0 Å². The van der Waals surface area contributed by atoms with Crippen LogP contribution in [0, 0.1) is 5.92 Å². The second-order valence-corrected chi connectivity index (χ2v) is 7.00. The average molecular weight is 340 g/mol.